The fourth-order valence-electron chi connectivity index (χ4n) is 2.21. The van der Waals surface area contributed by atoms with Crippen molar-refractivity contribution in [3.05, 3.63) is 64.7 Å². The van der Waals surface area contributed by atoms with Crippen molar-refractivity contribution < 1.29 is 4.79 Å². The lowest BCUT2D eigenvalue weighted by molar-refractivity contribution is -0.110. The van der Waals surface area contributed by atoms with Crippen molar-refractivity contribution in [1.82, 2.24) is 5.43 Å². The lowest BCUT2D eigenvalue weighted by Gasteiger charge is -2.14. The molecule has 26 heavy (non-hydrogen) atoms. The summed E-state index contributed by atoms with van der Waals surface area (Å²) >= 11 is 10.6. The van der Waals surface area contributed by atoms with Gasteiger partial charge in [0, 0.05) is 10.7 Å². The summed E-state index contributed by atoms with van der Waals surface area (Å²) in [6, 6.07) is 16.0. The molecule has 8 heteroatoms. The number of carbonyl (C=O) groups excluding carboxylic acids is 1. The van der Waals surface area contributed by atoms with Crippen LogP contribution < -0.4 is 16.5 Å². The van der Waals surface area contributed by atoms with Gasteiger partial charge in [-0.1, -0.05) is 41.9 Å². The summed E-state index contributed by atoms with van der Waals surface area (Å²) < 4.78 is 0. The molecule has 0 bridgehead atoms. The summed E-state index contributed by atoms with van der Waals surface area (Å²) in [6.07, 6.45) is 0. The van der Waals surface area contributed by atoms with Crippen LogP contribution in [-0.2, 0) is 4.79 Å². The average Bonchev–Trinajstić information content (AvgIpc) is 2.61. The van der Waals surface area contributed by atoms with Crippen LogP contribution in [0.2, 0.25) is 5.02 Å². The standard InChI is InChI=1S/C18H16ClN5OS/c1-11-4-2-3-5-15(11)22-17(25)16(23-24-18(21)26)14(10-20)12-6-8-13(19)9-7-12/h2-9,14H,1H3,(H,22,25)(H3,21,24,26)/b23-16-/t14-/m0/s1. The Hall–Kier alpha value is -2.95. The molecule has 1 atom stereocenters. The van der Waals surface area contributed by atoms with E-state index in [1.807, 2.05) is 19.1 Å². The number of rotatable bonds is 5. The number of nitrogens with one attached hydrogen (secondary N) is 2. The Balaban J connectivity index is 2.38. The minimum atomic E-state index is -0.932. The van der Waals surface area contributed by atoms with Crippen molar-refractivity contribution >= 4 is 46.2 Å². The van der Waals surface area contributed by atoms with Crippen LogP contribution in [0.25, 0.3) is 0 Å². The highest BCUT2D eigenvalue weighted by atomic mass is 35.5. The molecule has 132 valence electrons. The summed E-state index contributed by atoms with van der Waals surface area (Å²) in [5, 5.41) is 16.7. The van der Waals surface area contributed by atoms with Gasteiger partial charge in [-0.3, -0.25) is 10.2 Å². The van der Waals surface area contributed by atoms with Crippen LogP contribution in [0.3, 0.4) is 0 Å². The number of carbonyl (C=O) groups is 1. The number of nitrogens with zero attached hydrogens (tertiary/aromatic N) is 2. The second-order valence-corrected chi connectivity index (χ2v) is 6.23. The molecule has 0 aliphatic carbocycles. The van der Waals surface area contributed by atoms with Gasteiger partial charge in [0.25, 0.3) is 5.91 Å². The van der Waals surface area contributed by atoms with Crippen LogP contribution in [0, 0.1) is 18.3 Å². The zero-order valence-electron chi connectivity index (χ0n) is 13.9. The quantitative estimate of drug-likeness (QED) is 0.417. The van der Waals surface area contributed by atoms with Gasteiger partial charge in [-0.2, -0.15) is 10.4 Å². The maximum Gasteiger partial charge on any atom is 0.273 e. The number of para-hydroxylation sites is 1. The number of hydrogen-bond donors (Lipinski definition) is 3. The smallest absolute Gasteiger partial charge is 0.273 e. The van der Waals surface area contributed by atoms with E-state index in [0.717, 1.165) is 5.56 Å². The Morgan fingerprint density at radius 2 is 1.92 bits per heavy atom. The fourth-order valence-corrected chi connectivity index (χ4v) is 2.38. The first kappa shape index (κ1) is 19.4. The number of hydrazone groups is 1. The van der Waals surface area contributed by atoms with E-state index in [1.165, 1.54) is 0 Å². The van der Waals surface area contributed by atoms with Gasteiger partial charge in [0.15, 0.2) is 5.11 Å². The lowest BCUT2D eigenvalue weighted by atomic mass is 9.95. The van der Waals surface area contributed by atoms with Crippen LogP contribution in [0.1, 0.15) is 17.0 Å². The number of nitriles is 1. The number of aryl methyl sites for hydroxylation is 1. The van der Waals surface area contributed by atoms with E-state index in [4.69, 9.17) is 29.6 Å². The van der Waals surface area contributed by atoms with Crippen molar-refractivity contribution in [1.29, 1.82) is 5.26 Å². The largest absolute Gasteiger partial charge is 0.375 e. The second-order valence-electron chi connectivity index (χ2n) is 5.36. The molecule has 0 saturated heterocycles. The van der Waals surface area contributed by atoms with Gasteiger partial charge in [-0.25, -0.2) is 0 Å². The third kappa shape index (κ3) is 5.02. The maximum atomic E-state index is 12.8. The monoisotopic (exact) mass is 385 g/mol. The Morgan fingerprint density at radius 3 is 2.50 bits per heavy atom. The first-order valence-electron chi connectivity index (χ1n) is 7.57. The zero-order valence-corrected chi connectivity index (χ0v) is 15.4. The molecule has 0 spiro atoms. The molecule has 1 amide bonds. The summed E-state index contributed by atoms with van der Waals surface area (Å²) in [7, 11) is 0. The van der Waals surface area contributed by atoms with E-state index in [0.29, 0.717) is 16.3 Å². The van der Waals surface area contributed by atoms with E-state index in [-0.39, 0.29) is 10.8 Å². The van der Waals surface area contributed by atoms with Crippen molar-refractivity contribution in [2.45, 2.75) is 12.8 Å². The third-order valence-electron chi connectivity index (χ3n) is 3.52. The molecule has 0 aliphatic heterocycles. The van der Waals surface area contributed by atoms with Crippen LogP contribution in [0.5, 0.6) is 0 Å². The van der Waals surface area contributed by atoms with Gasteiger partial charge in [0.2, 0.25) is 0 Å². The predicted octanol–water partition coefficient (Wildman–Crippen LogP) is 3.08. The number of nitrogens with two attached hydrogens (primary N) is 1. The van der Waals surface area contributed by atoms with E-state index in [2.05, 4.69) is 21.9 Å². The average molecular weight is 386 g/mol. The molecule has 4 N–H and O–H groups in total. The Morgan fingerprint density at radius 1 is 1.27 bits per heavy atom. The van der Waals surface area contributed by atoms with Crippen molar-refractivity contribution in [2.75, 3.05) is 5.32 Å². The molecule has 2 rings (SSSR count). The molecule has 0 heterocycles. The van der Waals surface area contributed by atoms with Crippen LogP contribution in [-0.4, -0.2) is 16.7 Å². The van der Waals surface area contributed by atoms with Crippen LogP contribution in [0.15, 0.2) is 53.6 Å². The summed E-state index contributed by atoms with van der Waals surface area (Å²) in [6.45, 7) is 1.86. The zero-order chi connectivity index (χ0) is 19.1. The van der Waals surface area contributed by atoms with Crippen molar-refractivity contribution in [2.24, 2.45) is 10.8 Å². The van der Waals surface area contributed by atoms with Crippen LogP contribution >= 0.6 is 23.8 Å². The van der Waals surface area contributed by atoms with E-state index in [9.17, 15) is 10.1 Å². The van der Waals surface area contributed by atoms with Gasteiger partial charge in [0.05, 0.1) is 6.07 Å². The maximum absolute atomic E-state index is 12.8. The first-order valence-corrected chi connectivity index (χ1v) is 8.36. The van der Waals surface area contributed by atoms with Crippen LogP contribution in [0.4, 0.5) is 5.69 Å². The Labute approximate surface area is 161 Å². The van der Waals surface area contributed by atoms with E-state index in [1.54, 1.807) is 36.4 Å². The highest BCUT2D eigenvalue weighted by Gasteiger charge is 2.25. The number of amides is 1. The molecule has 6 nitrogen and oxygen atoms in total. The van der Waals surface area contributed by atoms with Crippen molar-refractivity contribution in [3.8, 4) is 6.07 Å². The Bertz CT molecular complexity index is 889. The van der Waals surface area contributed by atoms with Gasteiger partial charge in [0.1, 0.15) is 11.6 Å². The number of anilines is 1. The fraction of sp³-hybridized carbons (Fsp3) is 0.111. The molecule has 2 aromatic carbocycles. The molecular weight excluding hydrogens is 370 g/mol. The van der Waals surface area contributed by atoms with Gasteiger partial charge in [-0.15, -0.1) is 0 Å². The minimum Gasteiger partial charge on any atom is -0.375 e. The molecule has 0 unspecified atom stereocenters. The molecule has 0 radical (unpaired) electrons. The SMILES string of the molecule is Cc1ccccc1NC(=O)/C(=N\NC(N)=S)[C@@H](C#N)c1ccc(Cl)cc1. The molecule has 0 aliphatic rings. The summed E-state index contributed by atoms with van der Waals surface area (Å²) in [4.78, 5) is 12.8. The highest BCUT2D eigenvalue weighted by Crippen LogP contribution is 2.21. The number of benzene rings is 2. The highest BCUT2D eigenvalue weighted by molar-refractivity contribution is 7.80. The normalized spacial score (nSPS) is 12.0. The molecule has 0 saturated carbocycles. The number of thiocarbonyl (C=S) groups is 1. The van der Waals surface area contributed by atoms with Gasteiger partial charge in [-0.05, 0) is 48.5 Å². The molecule has 0 aromatic heterocycles. The summed E-state index contributed by atoms with van der Waals surface area (Å²) in [5.41, 5.74) is 9.78. The van der Waals surface area contributed by atoms with Gasteiger partial charge >= 0.3 is 0 Å². The summed E-state index contributed by atoms with van der Waals surface area (Å²) in [5.74, 6) is -1.47. The minimum absolute atomic E-state index is 0.0640. The van der Waals surface area contributed by atoms with E-state index < -0.39 is 11.8 Å². The molecular formula is C18H16ClN5OS. The third-order valence-corrected chi connectivity index (χ3v) is 3.86. The molecule has 2 aromatic rings. The first-order chi connectivity index (χ1) is 12.4. The number of hydrogen-bond acceptors (Lipinski definition) is 4. The van der Waals surface area contributed by atoms with Crippen molar-refractivity contribution in [3.63, 3.8) is 0 Å². The predicted molar refractivity (Wildman–Crippen MR) is 107 cm³/mol. The Kier molecular flexibility index (Phi) is 6.67. The topological polar surface area (TPSA) is 103 Å². The number of halogens is 1. The molecule has 0 fully saturated rings. The second kappa shape index (κ2) is 8.94. The van der Waals surface area contributed by atoms with E-state index >= 15 is 0 Å². The lowest BCUT2D eigenvalue weighted by Crippen LogP contribution is -2.33. The van der Waals surface area contributed by atoms with Gasteiger partial charge < -0.3 is 11.1 Å².